The Hall–Kier alpha value is -2.05. The molecule has 1 aliphatic heterocycles. The highest BCUT2D eigenvalue weighted by molar-refractivity contribution is 8.00. The van der Waals surface area contributed by atoms with Gasteiger partial charge in [0.25, 0.3) is 0 Å². The highest BCUT2D eigenvalue weighted by Crippen LogP contribution is 2.42. The van der Waals surface area contributed by atoms with Crippen LogP contribution in [-0.2, 0) is 0 Å². The first-order valence-electron chi connectivity index (χ1n) is 6.42. The van der Waals surface area contributed by atoms with Crippen LogP contribution in [0.5, 0.6) is 0 Å². The van der Waals surface area contributed by atoms with Crippen molar-refractivity contribution in [2.24, 2.45) is 5.73 Å². The molecule has 0 aromatic heterocycles. The lowest BCUT2D eigenvalue weighted by molar-refractivity contribution is 0.0998. The normalized spacial score (nSPS) is 16.9. The first-order chi connectivity index (χ1) is 10.0. The summed E-state index contributed by atoms with van der Waals surface area (Å²) >= 11 is 1.46. The van der Waals surface area contributed by atoms with E-state index in [1.807, 2.05) is 17.0 Å². The summed E-state index contributed by atoms with van der Waals surface area (Å²) in [6, 6.07) is 11.0. The number of nitrogens with zero attached hydrogens (tertiary/aromatic N) is 1. The van der Waals surface area contributed by atoms with Crippen LogP contribution in [0.15, 0.2) is 47.4 Å². The molecule has 0 aliphatic carbocycles. The average Bonchev–Trinajstić information content (AvgIpc) is 2.75. The lowest BCUT2D eigenvalue weighted by atomic mass is 10.1. The Morgan fingerprint density at radius 1 is 1.24 bits per heavy atom. The van der Waals surface area contributed by atoms with Crippen molar-refractivity contribution in [2.45, 2.75) is 10.4 Å². The van der Waals surface area contributed by atoms with Crippen molar-refractivity contribution in [3.8, 4) is 0 Å². The number of hydrogen-bond acceptors (Lipinski definition) is 5. The standard InChI is InChI=1S/C15H14FN3OS/c16-10-3-1-9(2-4-10)13(20)8-19-12-6-5-11(17)7-14(12)21-15(19)18/h1-7,15H,8,17-18H2. The molecule has 0 amide bonds. The van der Waals surface area contributed by atoms with Crippen LogP contribution in [0, 0.1) is 5.82 Å². The fourth-order valence-electron chi connectivity index (χ4n) is 2.25. The second kappa shape index (κ2) is 5.38. The molecule has 108 valence electrons. The summed E-state index contributed by atoms with van der Waals surface area (Å²) < 4.78 is 12.9. The van der Waals surface area contributed by atoms with E-state index >= 15 is 0 Å². The van der Waals surface area contributed by atoms with Crippen LogP contribution >= 0.6 is 11.8 Å². The summed E-state index contributed by atoms with van der Waals surface area (Å²) in [5.74, 6) is -0.462. The Morgan fingerprint density at radius 2 is 1.95 bits per heavy atom. The number of benzene rings is 2. The van der Waals surface area contributed by atoms with Crippen LogP contribution in [0.2, 0.25) is 0 Å². The molecular weight excluding hydrogens is 289 g/mol. The number of nitrogen functional groups attached to an aromatic ring is 1. The van der Waals surface area contributed by atoms with Gasteiger partial charge in [0.1, 0.15) is 11.3 Å². The van der Waals surface area contributed by atoms with Gasteiger partial charge in [-0.15, -0.1) is 0 Å². The Balaban J connectivity index is 1.82. The van der Waals surface area contributed by atoms with Crippen LogP contribution in [0.3, 0.4) is 0 Å². The molecule has 4 nitrogen and oxygen atoms in total. The molecule has 6 heteroatoms. The maximum Gasteiger partial charge on any atom is 0.182 e. The second-order valence-electron chi connectivity index (χ2n) is 4.79. The molecule has 1 heterocycles. The van der Waals surface area contributed by atoms with Gasteiger partial charge in [0, 0.05) is 16.1 Å². The number of thioether (sulfide) groups is 1. The summed E-state index contributed by atoms with van der Waals surface area (Å²) in [5, 5.41) is 0. The van der Waals surface area contributed by atoms with Gasteiger partial charge in [-0.3, -0.25) is 4.79 Å². The number of Topliss-reactive ketones (excluding diaryl/α,β-unsaturated/α-hetero) is 1. The number of ketones is 1. The molecule has 2 aromatic rings. The van der Waals surface area contributed by atoms with Crippen LogP contribution in [0.1, 0.15) is 10.4 Å². The van der Waals surface area contributed by atoms with E-state index in [1.165, 1.54) is 36.0 Å². The van der Waals surface area contributed by atoms with E-state index in [0.29, 0.717) is 11.3 Å². The van der Waals surface area contributed by atoms with Crippen molar-refractivity contribution in [2.75, 3.05) is 17.2 Å². The Kier molecular flexibility index (Phi) is 3.57. The fraction of sp³-hybridized carbons (Fsp3) is 0.133. The van der Waals surface area contributed by atoms with Gasteiger partial charge in [0.15, 0.2) is 5.78 Å². The first-order valence-corrected chi connectivity index (χ1v) is 7.30. The molecule has 21 heavy (non-hydrogen) atoms. The molecular formula is C15H14FN3OS. The molecule has 3 rings (SSSR count). The molecule has 0 spiro atoms. The first kappa shape index (κ1) is 13.9. The zero-order valence-electron chi connectivity index (χ0n) is 11.1. The van der Waals surface area contributed by atoms with Crippen molar-refractivity contribution in [3.05, 3.63) is 53.8 Å². The van der Waals surface area contributed by atoms with Crippen molar-refractivity contribution in [3.63, 3.8) is 0 Å². The number of anilines is 2. The van der Waals surface area contributed by atoms with Crippen molar-refractivity contribution < 1.29 is 9.18 Å². The zero-order valence-corrected chi connectivity index (χ0v) is 11.9. The molecule has 1 unspecified atom stereocenters. The molecule has 1 atom stereocenters. The van der Waals surface area contributed by atoms with E-state index in [1.54, 1.807) is 6.07 Å². The topological polar surface area (TPSA) is 72.3 Å². The summed E-state index contributed by atoms with van der Waals surface area (Å²) in [4.78, 5) is 15.1. The number of hydrogen-bond donors (Lipinski definition) is 2. The third-order valence-corrected chi connectivity index (χ3v) is 4.41. The molecule has 1 aliphatic rings. The van der Waals surface area contributed by atoms with E-state index in [-0.39, 0.29) is 23.6 Å². The minimum absolute atomic E-state index is 0.101. The van der Waals surface area contributed by atoms with Gasteiger partial charge in [0.05, 0.1) is 12.2 Å². The summed E-state index contributed by atoms with van der Waals surface area (Å²) in [7, 11) is 0. The third-order valence-electron chi connectivity index (χ3n) is 3.33. The van der Waals surface area contributed by atoms with Gasteiger partial charge < -0.3 is 16.4 Å². The smallest absolute Gasteiger partial charge is 0.182 e. The number of rotatable bonds is 3. The predicted molar refractivity (Wildman–Crippen MR) is 82.8 cm³/mol. The zero-order chi connectivity index (χ0) is 15.0. The molecule has 0 fully saturated rings. The predicted octanol–water partition coefficient (Wildman–Crippen LogP) is 2.45. The van der Waals surface area contributed by atoms with Crippen molar-refractivity contribution >= 4 is 28.9 Å². The summed E-state index contributed by atoms with van der Waals surface area (Å²) in [6.45, 7) is 0.150. The highest BCUT2D eigenvalue weighted by Gasteiger charge is 2.29. The Bertz CT molecular complexity index is 690. The maximum absolute atomic E-state index is 12.9. The Morgan fingerprint density at radius 3 is 2.67 bits per heavy atom. The molecule has 4 N–H and O–H groups in total. The van der Waals surface area contributed by atoms with E-state index in [4.69, 9.17) is 11.5 Å². The molecule has 2 aromatic carbocycles. The molecule has 0 bridgehead atoms. The maximum atomic E-state index is 12.9. The fourth-order valence-corrected chi connectivity index (χ4v) is 3.34. The van der Waals surface area contributed by atoms with E-state index in [0.717, 1.165) is 10.6 Å². The van der Waals surface area contributed by atoms with E-state index in [9.17, 15) is 9.18 Å². The van der Waals surface area contributed by atoms with Gasteiger partial charge in [-0.25, -0.2) is 4.39 Å². The summed E-state index contributed by atoms with van der Waals surface area (Å²) in [6.07, 6.45) is 0. The molecule has 0 saturated carbocycles. The lowest BCUT2D eigenvalue weighted by Gasteiger charge is -2.22. The molecule has 0 radical (unpaired) electrons. The van der Waals surface area contributed by atoms with Crippen LogP contribution < -0.4 is 16.4 Å². The highest BCUT2D eigenvalue weighted by atomic mass is 32.2. The third kappa shape index (κ3) is 2.72. The van der Waals surface area contributed by atoms with Crippen LogP contribution in [0.25, 0.3) is 0 Å². The number of halogens is 1. The summed E-state index contributed by atoms with van der Waals surface area (Å²) in [5.41, 5.74) is 13.5. The number of nitrogens with two attached hydrogens (primary N) is 2. The van der Waals surface area contributed by atoms with Crippen LogP contribution in [-0.4, -0.2) is 17.8 Å². The van der Waals surface area contributed by atoms with Gasteiger partial charge in [-0.1, -0.05) is 11.8 Å². The van der Waals surface area contributed by atoms with Gasteiger partial charge in [-0.2, -0.15) is 0 Å². The molecule has 0 saturated heterocycles. The van der Waals surface area contributed by atoms with Gasteiger partial charge in [-0.05, 0) is 42.5 Å². The minimum atomic E-state index is -0.360. The van der Waals surface area contributed by atoms with Gasteiger partial charge in [0.2, 0.25) is 0 Å². The van der Waals surface area contributed by atoms with E-state index in [2.05, 4.69) is 0 Å². The quantitative estimate of drug-likeness (QED) is 0.673. The van der Waals surface area contributed by atoms with Crippen molar-refractivity contribution in [1.29, 1.82) is 0 Å². The SMILES string of the molecule is Nc1ccc2c(c1)SC(N)N2CC(=O)c1ccc(F)cc1. The Labute approximate surface area is 125 Å². The largest absolute Gasteiger partial charge is 0.399 e. The number of carbonyl (C=O) groups excluding carboxylic acids is 1. The number of fused-ring (bicyclic) bond motifs is 1. The van der Waals surface area contributed by atoms with Crippen LogP contribution in [0.4, 0.5) is 15.8 Å². The van der Waals surface area contributed by atoms with Crippen molar-refractivity contribution in [1.82, 2.24) is 0 Å². The lowest BCUT2D eigenvalue weighted by Crippen LogP contribution is -2.39. The van der Waals surface area contributed by atoms with E-state index < -0.39 is 0 Å². The second-order valence-corrected chi connectivity index (χ2v) is 5.95. The average molecular weight is 303 g/mol. The van der Waals surface area contributed by atoms with Gasteiger partial charge >= 0.3 is 0 Å². The minimum Gasteiger partial charge on any atom is -0.399 e. The number of carbonyl (C=O) groups is 1. The monoisotopic (exact) mass is 303 g/mol.